The lowest BCUT2D eigenvalue weighted by Gasteiger charge is -2.36. The van der Waals surface area contributed by atoms with Crippen LogP contribution in [0.4, 0.5) is 5.95 Å². The van der Waals surface area contributed by atoms with Crippen molar-refractivity contribution >= 4 is 46.4 Å². The molecular formula is C51H63N9O6. The first-order valence-electron chi connectivity index (χ1n) is 22.9. The van der Waals surface area contributed by atoms with Gasteiger partial charge in [-0.25, -0.2) is 10.4 Å². The number of nitrogens with zero attached hydrogens (tertiary/aromatic N) is 6. The molecule has 6 bridgehead atoms. The predicted octanol–water partition coefficient (Wildman–Crippen LogP) is 6.82. The molecule has 0 saturated carbocycles. The number of likely N-dealkylation sites (N-methyl/N-ethyl adjacent to an activating group) is 1. The molecule has 2 aliphatic rings. The van der Waals surface area contributed by atoms with Crippen LogP contribution in [0.1, 0.15) is 94.5 Å². The highest BCUT2D eigenvalue weighted by Gasteiger charge is 2.38. The molecule has 0 aliphatic carbocycles. The number of cyclic esters (lactones) is 1. The van der Waals surface area contributed by atoms with Crippen LogP contribution in [0.15, 0.2) is 79.6 Å². The lowest BCUT2D eigenvalue weighted by Crippen LogP contribution is -2.62. The second kappa shape index (κ2) is 19.5. The maximum absolute atomic E-state index is 14.7. The Bertz CT molecular complexity index is 2680. The number of imidazole rings is 1. The van der Waals surface area contributed by atoms with E-state index < -0.39 is 53.1 Å². The Morgan fingerprint density at radius 1 is 1.05 bits per heavy atom. The van der Waals surface area contributed by atoms with Crippen molar-refractivity contribution in [1.29, 1.82) is 0 Å². The zero-order valence-corrected chi connectivity index (χ0v) is 39.6. The summed E-state index contributed by atoms with van der Waals surface area (Å²) in [5, 5.41) is 8.12. The zero-order chi connectivity index (χ0) is 47.6. The highest BCUT2D eigenvalue weighted by atomic mass is 16.5. The van der Waals surface area contributed by atoms with Gasteiger partial charge in [-0.2, -0.15) is 0 Å². The molecule has 1 saturated heterocycles. The van der Waals surface area contributed by atoms with Crippen molar-refractivity contribution in [2.45, 2.75) is 105 Å². The van der Waals surface area contributed by atoms with Crippen molar-refractivity contribution in [3.8, 4) is 22.4 Å². The number of hydrogen-bond donors (Lipinski definition) is 3. The number of anilines is 1. The second-order valence-corrected chi connectivity index (χ2v) is 18.9. The van der Waals surface area contributed by atoms with E-state index in [2.05, 4.69) is 103 Å². The Hall–Kier alpha value is -6.61. The number of amides is 4. The summed E-state index contributed by atoms with van der Waals surface area (Å²) < 4.78 is 9.92. The molecule has 5 heterocycles. The highest BCUT2D eigenvalue weighted by Crippen LogP contribution is 2.42. The van der Waals surface area contributed by atoms with Crippen molar-refractivity contribution in [3.63, 3.8) is 0 Å². The largest absolute Gasteiger partial charge is 0.464 e. The van der Waals surface area contributed by atoms with Gasteiger partial charge in [0.05, 0.1) is 24.2 Å². The molecule has 3 aromatic heterocycles. The fraction of sp³-hybridized carbons (Fsp3) is 0.431. The minimum Gasteiger partial charge on any atom is -0.464 e. The Labute approximate surface area is 387 Å². The fourth-order valence-electron chi connectivity index (χ4n) is 9.39. The van der Waals surface area contributed by atoms with E-state index in [4.69, 9.17) is 9.72 Å². The zero-order valence-electron chi connectivity index (χ0n) is 39.6. The standard InChI is InChI=1S/C51H63N9O6/c1-11-42(61)55-50-53-28-41(57(50)9)48(64)58(10)44(31(5)6)46(62)54-39-25-32-16-13-17-33(24-32)34-20-21-40-36(26-34)37(45(59(40)12-2)35-18-14-22-52-43(35)30(3)4)27-51(7,8)29-66-49(65)38-19-15-23-60(56-38)47(39)63/h11,13-14,16-18,20-22,24,26,28,30-31,38-39,44,56H,1,12,15,19,23,25,27,29H2,2-10H3,(H,54,62)(H,53,55,61)/t38-,39-,44-/m0/s1. The predicted molar refractivity (Wildman–Crippen MR) is 255 cm³/mol. The Balaban J connectivity index is 1.29. The quantitative estimate of drug-likeness (QED) is 0.101. The molecule has 3 N–H and O–H groups in total. The van der Waals surface area contributed by atoms with Crippen LogP contribution >= 0.6 is 0 Å². The Kier molecular flexibility index (Phi) is 14.0. The van der Waals surface area contributed by atoms with E-state index in [0.29, 0.717) is 25.8 Å². The van der Waals surface area contributed by atoms with Gasteiger partial charge in [-0.15, -0.1) is 0 Å². The number of fused-ring (bicyclic) bond motifs is 6. The molecule has 5 aromatic rings. The summed E-state index contributed by atoms with van der Waals surface area (Å²) in [6, 6.07) is 15.8. The molecule has 15 heteroatoms. The number of esters is 1. The number of hydrogen-bond acceptors (Lipinski definition) is 9. The molecule has 4 amide bonds. The summed E-state index contributed by atoms with van der Waals surface area (Å²) in [5.74, 6) is -2.45. The van der Waals surface area contributed by atoms with Crippen molar-refractivity contribution in [2.75, 3.05) is 25.5 Å². The first kappa shape index (κ1) is 47.4. The van der Waals surface area contributed by atoms with Crippen LogP contribution in [0.25, 0.3) is 33.3 Å². The summed E-state index contributed by atoms with van der Waals surface area (Å²) in [4.78, 5) is 79.5. The van der Waals surface area contributed by atoms with Gasteiger partial charge in [-0.1, -0.05) is 78.5 Å². The highest BCUT2D eigenvalue weighted by molar-refractivity contribution is 6.00. The van der Waals surface area contributed by atoms with Crippen LogP contribution in [-0.4, -0.2) is 96.9 Å². The van der Waals surface area contributed by atoms with Gasteiger partial charge < -0.3 is 24.1 Å². The summed E-state index contributed by atoms with van der Waals surface area (Å²) in [6.07, 6.45) is 6.03. The molecule has 2 aromatic carbocycles. The van der Waals surface area contributed by atoms with Crippen molar-refractivity contribution < 1.29 is 28.7 Å². The number of benzene rings is 2. The van der Waals surface area contributed by atoms with Crippen LogP contribution in [-0.2, 0) is 50.3 Å². The lowest BCUT2D eigenvalue weighted by atomic mass is 9.83. The van der Waals surface area contributed by atoms with E-state index in [1.807, 2.05) is 38.2 Å². The van der Waals surface area contributed by atoms with Gasteiger partial charge in [0.2, 0.25) is 17.8 Å². The number of pyridine rings is 1. The molecule has 1 fully saturated rings. The van der Waals surface area contributed by atoms with Crippen LogP contribution < -0.4 is 16.1 Å². The van der Waals surface area contributed by atoms with E-state index in [1.54, 1.807) is 7.05 Å². The summed E-state index contributed by atoms with van der Waals surface area (Å²) >= 11 is 0. The molecular weight excluding hydrogens is 835 g/mol. The number of nitrogens with one attached hydrogen (secondary N) is 3. The Morgan fingerprint density at radius 3 is 2.52 bits per heavy atom. The molecule has 7 rings (SSSR count). The number of aryl methyl sites for hydroxylation is 1. The first-order chi connectivity index (χ1) is 31.4. The molecule has 0 unspecified atom stereocenters. The van der Waals surface area contributed by atoms with Crippen LogP contribution in [0.2, 0.25) is 0 Å². The maximum Gasteiger partial charge on any atom is 0.324 e. The third kappa shape index (κ3) is 9.67. The van der Waals surface area contributed by atoms with Crippen molar-refractivity contribution in [1.82, 2.24) is 39.8 Å². The van der Waals surface area contributed by atoms with E-state index in [9.17, 15) is 24.0 Å². The normalized spacial score (nSPS) is 18.1. The van der Waals surface area contributed by atoms with E-state index in [-0.39, 0.29) is 36.5 Å². The molecule has 3 atom stereocenters. The van der Waals surface area contributed by atoms with E-state index in [1.165, 1.54) is 27.7 Å². The average molecular weight is 898 g/mol. The molecule has 0 radical (unpaired) electrons. The number of carbonyl (C=O) groups excluding carboxylic acids is 5. The van der Waals surface area contributed by atoms with Gasteiger partial charge in [0.15, 0.2) is 0 Å². The topological polar surface area (TPSA) is 173 Å². The molecule has 348 valence electrons. The van der Waals surface area contributed by atoms with Gasteiger partial charge in [0, 0.05) is 61.7 Å². The molecule has 2 aliphatic heterocycles. The van der Waals surface area contributed by atoms with Gasteiger partial charge in [0.1, 0.15) is 23.8 Å². The first-order valence-corrected chi connectivity index (χ1v) is 22.9. The molecule has 66 heavy (non-hydrogen) atoms. The molecule has 0 spiro atoms. The third-order valence-electron chi connectivity index (χ3n) is 12.7. The van der Waals surface area contributed by atoms with Gasteiger partial charge >= 0.3 is 5.97 Å². The maximum atomic E-state index is 14.7. The van der Waals surface area contributed by atoms with Gasteiger partial charge in [-0.3, -0.25) is 39.3 Å². The van der Waals surface area contributed by atoms with Gasteiger partial charge in [-0.05, 0) is 90.6 Å². The minimum absolute atomic E-state index is 0.124. The van der Waals surface area contributed by atoms with Gasteiger partial charge in [0.25, 0.3) is 11.8 Å². The Morgan fingerprint density at radius 2 is 1.80 bits per heavy atom. The summed E-state index contributed by atoms with van der Waals surface area (Å²) in [7, 11) is 3.11. The van der Waals surface area contributed by atoms with Crippen LogP contribution in [0, 0.1) is 11.3 Å². The van der Waals surface area contributed by atoms with Crippen molar-refractivity contribution in [3.05, 3.63) is 102 Å². The summed E-state index contributed by atoms with van der Waals surface area (Å²) in [5.41, 5.74) is 11.0. The van der Waals surface area contributed by atoms with Crippen molar-refractivity contribution in [2.24, 2.45) is 18.4 Å². The number of carbonyl (C=O) groups is 5. The van der Waals surface area contributed by atoms with E-state index in [0.717, 1.165) is 62.7 Å². The fourth-order valence-corrected chi connectivity index (χ4v) is 9.39. The van der Waals surface area contributed by atoms with Crippen LogP contribution in [0.5, 0.6) is 0 Å². The van der Waals surface area contributed by atoms with E-state index >= 15 is 0 Å². The number of rotatable bonds is 10. The monoisotopic (exact) mass is 897 g/mol. The summed E-state index contributed by atoms with van der Waals surface area (Å²) in [6.45, 7) is 19.0. The number of aromatic nitrogens is 4. The minimum atomic E-state index is -1.08. The third-order valence-corrected chi connectivity index (χ3v) is 12.7. The second-order valence-electron chi connectivity index (χ2n) is 18.9. The molecule has 15 nitrogen and oxygen atoms in total. The average Bonchev–Trinajstić information content (AvgIpc) is 3.81. The lowest BCUT2D eigenvalue weighted by molar-refractivity contribution is -0.155. The smallest absolute Gasteiger partial charge is 0.324 e. The van der Waals surface area contributed by atoms with Crippen LogP contribution in [0.3, 0.4) is 0 Å². The number of ether oxygens (including phenoxy) is 1. The SMILES string of the molecule is C=CC(=O)Nc1ncc(C(=O)N(C)[C@H](C(=O)N[C@H]2Cc3cccc(c3)-c3ccc4c(c3)c(c(-c3cccnc3C(C)C)n4CC)CC(C)(C)COC(=O)[C@@H]3CCCN(N3)C2=O)C(C)C)n1C. The number of hydrazine groups is 1.